The summed E-state index contributed by atoms with van der Waals surface area (Å²) in [5.74, 6) is 0. The lowest BCUT2D eigenvalue weighted by molar-refractivity contribution is 0.282. The first-order valence-corrected chi connectivity index (χ1v) is 7.43. The zero-order chi connectivity index (χ0) is 14.0. The predicted octanol–water partition coefficient (Wildman–Crippen LogP) is 3.38. The van der Waals surface area contributed by atoms with E-state index in [4.69, 9.17) is 0 Å². The SMILES string of the molecule is CNC(CN1CCCc2cc(C)ccc21)C(C)(C)C. The summed E-state index contributed by atoms with van der Waals surface area (Å²) in [5, 5.41) is 3.49. The van der Waals surface area contributed by atoms with E-state index >= 15 is 0 Å². The number of aryl methyl sites for hydroxylation is 2. The van der Waals surface area contributed by atoms with Crippen molar-refractivity contribution in [2.24, 2.45) is 5.41 Å². The Morgan fingerprint density at radius 2 is 2.05 bits per heavy atom. The van der Waals surface area contributed by atoms with Gasteiger partial charge in [-0.05, 0) is 43.9 Å². The van der Waals surface area contributed by atoms with Crippen molar-refractivity contribution in [2.45, 2.75) is 46.6 Å². The summed E-state index contributed by atoms with van der Waals surface area (Å²) in [6.07, 6.45) is 2.50. The average molecular weight is 260 g/mol. The molecule has 0 saturated carbocycles. The number of anilines is 1. The lowest BCUT2D eigenvalue weighted by Gasteiger charge is -2.39. The van der Waals surface area contributed by atoms with Crippen LogP contribution < -0.4 is 10.2 Å². The molecule has 1 N–H and O–H groups in total. The number of nitrogens with one attached hydrogen (secondary N) is 1. The molecule has 0 aromatic heterocycles. The summed E-state index contributed by atoms with van der Waals surface area (Å²) < 4.78 is 0. The van der Waals surface area contributed by atoms with Gasteiger partial charge in [0.15, 0.2) is 0 Å². The van der Waals surface area contributed by atoms with Gasteiger partial charge in [0.25, 0.3) is 0 Å². The monoisotopic (exact) mass is 260 g/mol. The van der Waals surface area contributed by atoms with Crippen LogP contribution >= 0.6 is 0 Å². The molecule has 1 aromatic rings. The first-order chi connectivity index (χ1) is 8.91. The van der Waals surface area contributed by atoms with E-state index in [1.165, 1.54) is 36.2 Å². The highest BCUT2D eigenvalue weighted by Crippen LogP contribution is 2.30. The van der Waals surface area contributed by atoms with Gasteiger partial charge in [-0.1, -0.05) is 38.5 Å². The number of benzene rings is 1. The molecule has 2 heteroatoms. The standard InChI is InChI=1S/C17H28N2/c1-13-8-9-15-14(11-13)7-6-10-19(15)12-16(18-5)17(2,3)4/h8-9,11,16,18H,6-7,10,12H2,1-5H3. The molecule has 1 heterocycles. The molecule has 0 bridgehead atoms. The van der Waals surface area contributed by atoms with Crippen LogP contribution in [0.2, 0.25) is 0 Å². The van der Waals surface area contributed by atoms with E-state index < -0.39 is 0 Å². The van der Waals surface area contributed by atoms with Crippen LogP contribution in [0, 0.1) is 12.3 Å². The van der Waals surface area contributed by atoms with Gasteiger partial charge >= 0.3 is 0 Å². The van der Waals surface area contributed by atoms with Crippen LogP contribution in [0.1, 0.15) is 38.3 Å². The largest absolute Gasteiger partial charge is 0.370 e. The molecule has 1 unspecified atom stereocenters. The molecular weight excluding hydrogens is 232 g/mol. The topological polar surface area (TPSA) is 15.3 Å². The van der Waals surface area contributed by atoms with Crippen molar-refractivity contribution in [1.82, 2.24) is 5.32 Å². The Morgan fingerprint density at radius 1 is 1.32 bits per heavy atom. The first kappa shape index (κ1) is 14.4. The van der Waals surface area contributed by atoms with Crippen molar-refractivity contribution in [1.29, 1.82) is 0 Å². The molecule has 1 aliphatic rings. The molecule has 19 heavy (non-hydrogen) atoms. The maximum absolute atomic E-state index is 3.49. The average Bonchev–Trinajstić information content (AvgIpc) is 2.34. The minimum absolute atomic E-state index is 0.289. The molecule has 106 valence electrons. The zero-order valence-corrected chi connectivity index (χ0v) is 13.1. The predicted molar refractivity (Wildman–Crippen MR) is 84.0 cm³/mol. The van der Waals surface area contributed by atoms with Gasteiger partial charge in [0.1, 0.15) is 0 Å². The second-order valence-electron chi connectivity index (χ2n) is 6.89. The minimum atomic E-state index is 0.289. The Hall–Kier alpha value is -1.02. The second-order valence-corrected chi connectivity index (χ2v) is 6.89. The highest BCUT2D eigenvalue weighted by Gasteiger charge is 2.27. The van der Waals surface area contributed by atoms with Crippen LogP contribution in [0.4, 0.5) is 5.69 Å². The van der Waals surface area contributed by atoms with Crippen molar-refractivity contribution >= 4 is 5.69 Å². The molecule has 2 rings (SSSR count). The highest BCUT2D eigenvalue weighted by atomic mass is 15.2. The molecular formula is C17H28N2. The lowest BCUT2D eigenvalue weighted by Crippen LogP contribution is -2.48. The summed E-state index contributed by atoms with van der Waals surface area (Å²) in [6.45, 7) is 11.4. The van der Waals surface area contributed by atoms with E-state index in [9.17, 15) is 0 Å². The van der Waals surface area contributed by atoms with E-state index in [1.54, 1.807) is 0 Å². The Bertz CT molecular complexity index is 431. The quantitative estimate of drug-likeness (QED) is 0.896. The van der Waals surface area contributed by atoms with Crippen LogP contribution in [-0.4, -0.2) is 26.2 Å². The third-order valence-electron chi connectivity index (χ3n) is 4.25. The Morgan fingerprint density at radius 3 is 2.68 bits per heavy atom. The molecule has 0 saturated heterocycles. The van der Waals surface area contributed by atoms with E-state index in [0.717, 1.165) is 6.54 Å². The van der Waals surface area contributed by atoms with Gasteiger partial charge in [-0.25, -0.2) is 0 Å². The Labute approximate surface area is 118 Å². The third kappa shape index (κ3) is 3.30. The summed E-state index contributed by atoms with van der Waals surface area (Å²) in [6, 6.07) is 7.41. The third-order valence-corrected chi connectivity index (χ3v) is 4.25. The Balaban J connectivity index is 2.19. The van der Waals surface area contributed by atoms with Gasteiger partial charge in [-0.2, -0.15) is 0 Å². The van der Waals surface area contributed by atoms with Crippen molar-refractivity contribution in [3.63, 3.8) is 0 Å². The maximum Gasteiger partial charge on any atom is 0.0399 e. The van der Waals surface area contributed by atoms with Crippen molar-refractivity contribution in [3.05, 3.63) is 29.3 Å². The molecule has 1 atom stereocenters. The van der Waals surface area contributed by atoms with Gasteiger partial charge in [-0.3, -0.25) is 0 Å². The second kappa shape index (κ2) is 5.54. The molecule has 0 amide bonds. The van der Waals surface area contributed by atoms with Crippen LogP contribution in [0.5, 0.6) is 0 Å². The molecule has 1 aromatic carbocycles. The summed E-state index contributed by atoms with van der Waals surface area (Å²) in [7, 11) is 2.08. The molecule has 0 fully saturated rings. The van der Waals surface area contributed by atoms with E-state index in [-0.39, 0.29) is 5.41 Å². The van der Waals surface area contributed by atoms with Crippen molar-refractivity contribution < 1.29 is 0 Å². The summed E-state index contributed by atoms with van der Waals surface area (Å²) >= 11 is 0. The molecule has 2 nitrogen and oxygen atoms in total. The molecule has 1 aliphatic heterocycles. The van der Waals surface area contributed by atoms with E-state index in [1.807, 2.05) is 0 Å². The van der Waals surface area contributed by atoms with Gasteiger partial charge in [0, 0.05) is 24.8 Å². The fourth-order valence-electron chi connectivity index (χ4n) is 3.01. The highest BCUT2D eigenvalue weighted by molar-refractivity contribution is 5.56. The maximum atomic E-state index is 3.49. The summed E-state index contributed by atoms with van der Waals surface area (Å²) in [5.41, 5.74) is 4.63. The minimum Gasteiger partial charge on any atom is -0.370 e. The summed E-state index contributed by atoms with van der Waals surface area (Å²) in [4.78, 5) is 2.56. The fourth-order valence-corrected chi connectivity index (χ4v) is 3.01. The Kier molecular flexibility index (Phi) is 4.19. The normalized spacial score (nSPS) is 17.2. The van der Waals surface area contributed by atoms with Gasteiger partial charge < -0.3 is 10.2 Å². The number of fused-ring (bicyclic) bond motifs is 1. The number of hydrogen-bond donors (Lipinski definition) is 1. The number of rotatable bonds is 3. The van der Waals surface area contributed by atoms with Crippen LogP contribution in [0.25, 0.3) is 0 Å². The van der Waals surface area contributed by atoms with Gasteiger partial charge in [-0.15, -0.1) is 0 Å². The number of nitrogens with zero attached hydrogens (tertiary/aromatic N) is 1. The van der Waals surface area contributed by atoms with Crippen molar-refractivity contribution in [2.75, 3.05) is 25.0 Å². The first-order valence-electron chi connectivity index (χ1n) is 7.43. The van der Waals surface area contributed by atoms with Crippen LogP contribution in [0.3, 0.4) is 0 Å². The van der Waals surface area contributed by atoms with Crippen LogP contribution in [-0.2, 0) is 6.42 Å². The smallest absolute Gasteiger partial charge is 0.0399 e. The van der Waals surface area contributed by atoms with Gasteiger partial charge in [0.05, 0.1) is 0 Å². The zero-order valence-electron chi connectivity index (χ0n) is 13.1. The van der Waals surface area contributed by atoms with E-state index in [2.05, 4.69) is 63.2 Å². The number of hydrogen-bond acceptors (Lipinski definition) is 2. The van der Waals surface area contributed by atoms with E-state index in [0.29, 0.717) is 6.04 Å². The lowest BCUT2D eigenvalue weighted by atomic mass is 9.86. The van der Waals surface area contributed by atoms with Crippen LogP contribution in [0.15, 0.2) is 18.2 Å². The number of likely N-dealkylation sites (N-methyl/N-ethyl adjacent to an activating group) is 1. The molecule has 0 radical (unpaired) electrons. The van der Waals surface area contributed by atoms with Gasteiger partial charge in [0.2, 0.25) is 0 Å². The fraction of sp³-hybridized carbons (Fsp3) is 0.647. The van der Waals surface area contributed by atoms with Crippen molar-refractivity contribution in [3.8, 4) is 0 Å². The molecule has 0 spiro atoms. The molecule has 0 aliphatic carbocycles.